The molecular formula is C16H18N6. The molecule has 1 aromatic carbocycles. The summed E-state index contributed by atoms with van der Waals surface area (Å²) >= 11 is 0. The standard InChI is InChI=1S/C16H18N6/c1-21(2)8-5-9-22-15(18)13(10-17)19-14-11-6-3-4-7-12(11)20-16(14)22/h3-4,6-7,18,20H,5,8-9H2,1-2H3. The highest BCUT2D eigenvalue weighted by Gasteiger charge is 2.13. The van der Waals surface area contributed by atoms with E-state index in [1.807, 2.05) is 49.0 Å². The maximum atomic E-state index is 9.26. The summed E-state index contributed by atoms with van der Waals surface area (Å²) in [5.74, 6) is 0. The summed E-state index contributed by atoms with van der Waals surface area (Å²) in [7, 11) is 4.05. The number of fused-ring (bicyclic) bond motifs is 3. The first-order valence-electron chi connectivity index (χ1n) is 7.22. The van der Waals surface area contributed by atoms with Gasteiger partial charge in [-0.25, -0.2) is 4.98 Å². The second kappa shape index (κ2) is 5.62. The average Bonchev–Trinajstić information content (AvgIpc) is 2.87. The van der Waals surface area contributed by atoms with Gasteiger partial charge in [0.25, 0.3) is 0 Å². The van der Waals surface area contributed by atoms with Crippen LogP contribution in [-0.2, 0) is 6.54 Å². The highest BCUT2D eigenvalue weighted by atomic mass is 15.1. The third-order valence-electron chi connectivity index (χ3n) is 3.74. The minimum absolute atomic E-state index is 0.167. The number of hydrogen-bond donors (Lipinski definition) is 2. The van der Waals surface area contributed by atoms with Crippen molar-refractivity contribution >= 4 is 22.1 Å². The summed E-state index contributed by atoms with van der Waals surface area (Å²) in [5, 5.41) is 18.5. The number of nitriles is 1. The number of aryl methyl sites for hydroxylation is 1. The zero-order chi connectivity index (χ0) is 15.7. The first-order chi connectivity index (χ1) is 10.6. The largest absolute Gasteiger partial charge is 0.339 e. The van der Waals surface area contributed by atoms with Gasteiger partial charge in [-0.15, -0.1) is 0 Å². The van der Waals surface area contributed by atoms with Gasteiger partial charge in [0.1, 0.15) is 17.2 Å². The Morgan fingerprint density at radius 2 is 2.14 bits per heavy atom. The fourth-order valence-corrected chi connectivity index (χ4v) is 2.67. The molecule has 0 radical (unpaired) electrons. The molecule has 0 aliphatic heterocycles. The van der Waals surface area contributed by atoms with Crippen molar-refractivity contribution in [2.75, 3.05) is 20.6 Å². The summed E-state index contributed by atoms with van der Waals surface area (Å²) in [4.78, 5) is 9.82. The smallest absolute Gasteiger partial charge is 0.183 e. The van der Waals surface area contributed by atoms with Crippen LogP contribution in [0.4, 0.5) is 0 Å². The normalized spacial score (nSPS) is 11.4. The van der Waals surface area contributed by atoms with Crippen molar-refractivity contribution in [1.82, 2.24) is 19.4 Å². The molecule has 0 fully saturated rings. The molecule has 0 unspecified atom stereocenters. The van der Waals surface area contributed by atoms with Gasteiger partial charge in [0.05, 0.1) is 0 Å². The van der Waals surface area contributed by atoms with Gasteiger partial charge in [-0.2, -0.15) is 5.26 Å². The lowest BCUT2D eigenvalue weighted by Crippen LogP contribution is -2.26. The summed E-state index contributed by atoms with van der Waals surface area (Å²) in [6, 6.07) is 9.91. The molecule has 112 valence electrons. The maximum Gasteiger partial charge on any atom is 0.183 e. The summed E-state index contributed by atoms with van der Waals surface area (Å²) in [5.41, 5.74) is 2.88. The number of rotatable bonds is 4. The van der Waals surface area contributed by atoms with Gasteiger partial charge in [-0.3, -0.25) is 5.41 Å². The molecule has 0 amide bonds. The Balaban J connectivity index is 2.21. The fraction of sp³-hybridized carbons (Fsp3) is 0.312. The van der Waals surface area contributed by atoms with E-state index in [0.717, 1.165) is 35.0 Å². The SMILES string of the molecule is CN(C)CCCn1c(=N)c(C#N)nc2c3ccccc3[nH]c21. The number of nitrogens with zero attached hydrogens (tertiary/aromatic N) is 4. The summed E-state index contributed by atoms with van der Waals surface area (Å²) in [6.45, 7) is 1.61. The molecule has 3 aromatic rings. The van der Waals surface area contributed by atoms with Crippen LogP contribution >= 0.6 is 0 Å². The van der Waals surface area contributed by atoms with Crippen molar-refractivity contribution in [1.29, 1.82) is 10.7 Å². The van der Waals surface area contributed by atoms with Crippen LogP contribution in [0.2, 0.25) is 0 Å². The molecule has 6 nitrogen and oxygen atoms in total. The van der Waals surface area contributed by atoms with E-state index in [2.05, 4.69) is 14.9 Å². The highest BCUT2D eigenvalue weighted by molar-refractivity contribution is 6.03. The second-order valence-electron chi connectivity index (χ2n) is 5.60. The molecule has 0 saturated heterocycles. The lowest BCUT2D eigenvalue weighted by molar-refractivity contribution is 0.385. The van der Waals surface area contributed by atoms with Crippen molar-refractivity contribution in [3.05, 3.63) is 35.4 Å². The number of hydrogen-bond acceptors (Lipinski definition) is 4. The van der Waals surface area contributed by atoms with E-state index in [4.69, 9.17) is 5.41 Å². The second-order valence-corrected chi connectivity index (χ2v) is 5.60. The van der Waals surface area contributed by atoms with Crippen LogP contribution in [0, 0.1) is 16.7 Å². The lowest BCUT2D eigenvalue weighted by atomic mass is 10.2. The van der Waals surface area contributed by atoms with Gasteiger partial charge in [-0.05, 0) is 33.1 Å². The first kappa shape index (κ1) is 14.3. The molecule has 3 rings (SSSR count). The predicted octanol–water partition coefficient (Wildman–Crippen LogP) is 1.82. The molecule has 0 aliphatic rings. The molecule has 2 aromatic heterocycles. The Morgan fingerprint density at radius 1 is 1.36 bits per heavy atom. The number of benzene rings is 1. The topological polar surface area (TPSA) is 84.5 Å². The number of H-pyrrole nitrogens is 1. The molecular weight excluding hydrogens is 276 g/mol. The van der Waals surface area contributed by atoms with Gasteiger partial charge in [-0.1, -0.05) is 18.2 Å². The van der Waals surface area contributed by atoms with Crippen LogP contribution in [0.3, 0.4) is 0 Å². The number of aromatic nitrogens is 3. The molecule has 2 N–H and O–H groups in total. The Morgan fingerprint density at radius 3 is 2.86 bits per heavy atom. The van der Waals surface area contributed by atoms with E-state index in [9.17, 15) is 5.26 Å². The minimum atomic E-state index is 0.167. The number of nitrogens with one attached hydrogen (secondary N) is 2. The van der Waals surface area contributed by atoms with Gasteiger partial charge in [0.2, 0.25) is 0 Å². The zero-order valence-electron chi connectivity index (χ0n) is 12.7. The maximum absolute atomic E-state index is 9.26. The molecule has 2 heterocycles. The minimum Gasteiger partial charge on any atom is -0.339 e. The Bertz CT molecular complexity index is 925. The predicted molar refractivity (Wildman–Crippen MR) is 85.3 cm³/mol. The van der Waals surface area contributed by atoms with Crippen LogP contribution < -0.4 is 5.49 Å². The van der Waals surface area contributed by atoms with Gasteiger partial charge < -0.3 is 14.5 Å². The Labute approximate surface area is 128 Å². The third-order valence-corrected chi connectivity index (χ3v) is 3.74. The van der Waals surface area contributed by atoms with E-state index in [-0.39, 0.29) is 11.2 Å². The average molecular weight is 294 g/mol. The van der Waals surface area contributed by atoms with E-state index in [1.165, 1.54) is 0 Å². The van der Waals surface area contributed by atoms with Crippen LogP contribution in [0.5, 0.6) is 0 Å². The first-order valence-corrected chi connectivity index (χ1v) is 7.22. The monoisotopic (exact) mass is 294 g/mol. The van der Waals surface area contributed by atoms with Crippen LogP contribution in [0.1, 0.15) is 12.1 Å². The molecule has 22 heavy (non-hydrogen) atoms. The van der Waals surface area contributed by atoms with Crippen molar-refractivity contribution < 1.29 is 0 Å². The molecule has 0 bridgehead atoms. The molecule has 0 atom stereocenters. The highest BCUT2D eigenvalue weighted by Crippen LogP contribution is 2.22. The lowest BCUT2D eigenvalue weighted by Gasteiger charge is -2.12. The van der Waals surface area contributed by atoms with Crippen molar-refractivity contribution in [2.45, 2.75) is 13.0 Å². The van der Waals surface area contributed by atoms with Gasteiger partial charge in [0.15, 0.2) is 11.2 Å². The van der Waals surface area contributed by atoms with Crippen molar-refractivity contribution in [3.63, 3.8) is 0 Å². The third kappa shape index (κ3) is 2.36. The van der Waals surface area contributed by atoms with E-state index >= 15 is 0 Å². The Kier molecular flexibility index (Phi) is 3.65. The summed E-state index contributed by atoms with van der Waals surface area (Å²) in [6.07, 6.45) is 0.906. The van der Waals surface area contributed by atoms with E-state index < -0.39 is 0 Å². The van der Waals surface area contributed by atoms with Crippen molar-refractivity contribution in [2.24, 2.45) is 0 Å². The summed E-state index contributed by atoms with van der Waals surface area (Å²) < 4.78 is 1.85. The zero-order valence-corrected chi connectivity index (χ0v) is 12.7. The molecule has 0 saturated carbocycles. The van der Waals surface area contributed by atoms with Crippen molar-refractivity contribution in [3.8, 4) is 6.07 Å². The van der Waals surface area contributed by atoms with Gasteiger partial charge >= 0.3 is 0 Å². The van der Waals surface area contributed by atoms with Crippen LogP contribution in [-0.4, -0.2) is 40.1 Å². The van der Waals surface area contributed by atoms with Gasteiger partial charge in [0, 0.05) is 17.4 Å². The molecule has 0 aliphatic carbocycles. The van der Waals surface area contributed by atoms with E-state index in [0.29, 0.717) is 6.54 Å². The molecule has 0 spiro atoms. The quantitative estimate of drug-likeness (QED) is 0.769. The van der Waals surface area contributed by atoms with Crippen LogP contribution in [0.25, 0.3) is 22.1 Å². The number of para-hydroxylation sites is 1. The fourth-order valence-electron chi connectivity index (χ4n) is 2.67. The molecule has 6 heteroatoms. The number of aromatic amines is 1. The van der Waals surface area contributed by atoms with Crippen LogP contribution in [0.15, 0.2) is 24.3 Å². The Hall–Kier alpha value is -2.65. The van der Waals surface area contributed by atoms with E-state index in [1.54, 1.807) is 0 Å².